The van der Waals surface area contributed by atoms with Gasteiger partial charge in [-0.25, -0.2) is 4.39 Å². The quantitative estimate of drug-likeness (QED) is 0.561. The van der Waals surface area contributed by atoms with Crippen molar-refractivity contribution >= 4 is 33.5 Å². The van der Waals surface area contributed by atoms with E-state index in [-0.39, 0.29) is 11.7 Å². The van der Waals surface area contributed by atoms with Gasteiger partial charge in [0.15, 0.2) is 0 Å². The summed E-state index contributed by atoms with van der Waals surface area (Å²) in [6, 6.07) is 5.10. The Morgan fingerprint density at radius 3 is 2.65 bits per heavy atom. The van der Waals surface area contributed by atoms with E-state index in [1.54, 1.807) is 26.4 Å². The molecule has 0 unspecified atom stereocenters. The second-order valence-corrected chi connectivity index (χ2v) is 9.20. The van der Waals surface area contributed by atoms with Gasteiger partial charge in [0.2, 0.25) is 0 Å². The van der Waals surface area contributed by atoms with Gasteiger partial charge in [-0.05, 0) is 56.5 Å². The third-order valence-corrected chi connectivity index (χ3v) is 6.25. The Hall–Kier alpha value is -2.31. The van der Waals surface area contributed by atoms with E-state index in [0.717, 1.165) is 52.9 Å². The van der Waals surface area contributed by atoms with Crippen molar-refractivity contribution in [1.29, 1.82) is 0 Å². The molecule has 1 aromatic carbocycles. The van der Waals surface area contributed by atoms with Gasteiger partial charge < -0.3 is 4.90 Å². The zero-order valence-corrected chi connectivity index (χ0v) is 20.4. The van der Waals surface area contributed by atoms with Gasteiger partial charge in [0, 0.05) is 66.8 Å². The summed E-state index contributed by atoms with van der Waals surface area (Å²) in [5, 5.41) is 0. The third-order valence-electron chi connectivity index (χ3n) is 5.55. The minimum absolute atomic E-state index is 0.185. The number of hydrogen-bond acceptors (Lipinski definition) is 3. The molecule has 2 aromatic rings. The Bertz CT molecular complexity index is 1020. The molecule has 0 bridgehead atoms. The zero-order chi connectivity index (χ0) is 22.7. The maximum absolute atomic E-state index is 14.9. The number of aryl methyl sites for hydroxylation is 2. The van der Waals surface area contributed by atoms with E-state index < -0.39 is 0 Å². The predicted octanol–water partition coefficient (Wildman–Crippen LogP) is 5.49. The molecule has 2 heterocycles. The first-order chi connectivity index (χ1) is 14.7. The highest BCUT2D eigenvalue weighted by Gasteiger charge is 2.20. The van der Waals surface area contributed by atoms with Crippen molar-refractivity contribution in [2.45, 2.75) is 27.2 Å². The van der Waals surface area contributed by atoms with Gasteiger partial charge in [0.1, 0.15) is 5.82 Å². The minimum atomic E-state index is -0.321. The van der Waals surface area contributed by atoms with Crippen LogP contribution in [0.15, 0.2) is 40.5 Å². The molecule has 1 aliphatic heterocycles. The van der Waals surface area contributed by atoms with Crippen LogP contribution in [-0.2, 0) is 0 Å². The van der Waals surface area contributed by atoms with Crippen molar-refractivity contribution in [1.82, 2.24) is 14.8 Å². The van der Waals surface area contributed by atoms with E-state index in [1.165, 1.54) is 16.5 Å². The van der Waals surface area contributed by atoms with Crippen molar-refractivity contribution in [2.24, 2.45) is 0 Å². The first kappa shape index (κ1) is 23.4. The zero-order valence-electron chi connectivity index (χ0n) is 18.8. The molecule has 3 rings (SSSR count). The molecular weight excluding hydrogens is 457 g/mol. The van der Waals surface area contributed by atoms with Gasteiger partial charge in [-0.3, -0.25) is 14.7 Å². The van der Waals surface area contributed by atoms with E-state index in [9.17, 15) is 9.18 Å². The molecule has 4 nitrogen and oxygen atoms in total. The number of nitrogens with zero attached hydrogens (tertiary/aromatic N) is 3. The third kappa shape index (κ3) is 5.49. The fraction of sp³-hybridized carbons (Fsp3) is 0.360. The van der Waals surface area contributed by atoms with Crippen LogP contribution in [0.5, 0.6) is 0 Å². The fourth-order valence-corrected chi connectivity index (χ4v) is 4.50. The first-order valence-electron chi connectivity index (χ1n) is 10.4. The van der Waals surface area contributed by atoms with Crippen molar-refractivity contribution in [2.75, 3.05) is 33.7 Å². The topological polar surface area (TPSA) is 36.4 Å². The van der Waals surface area contributed by atoms with Gasteiger partial charge in [0.25, 0.3) is 5.91 Å². The van der Waals surface area contributed by atoms with Crippen LogP contribution < -0.4 is 0 Å². The number of carbonyl (C=O) groups excluding carboxylic acids is 1. The van der Waals surface area contributed by atoms with Crippen LogP contribution >= 0.6 is 15.9 Å². The molecule has 0 aliphatic carbocycles. The lowest BCUT2D eigenvalue weighted by molar-refractivity contribution is 0.0827. The maximum atomic E-state index is 14.9. The standard InChI is InChI=1S/C25H29BrFN3O/c1-16(12-21-18(3)28-9-6-22(21)26)15-30-10-7-19(8-11-30)24-17(2)13-20(14-23(24)27)25(31)29(4)5/h6-7,9,12-14H,8,10-11,15H2,1-5H3/b16-12+. The number of aromatic nitrogens is 1. The molecule has 0 saturated heterocycles. The highest BCUT2D eigenvalue weighted by atomic mass is 79.9. The number of benzene rings is 1. The molecule has 0 spiro atoms. The minimum Gasteiger partial charge on any atom is -0.345 e. The van der Waals surface area contributed by atoms with Crippen molar-refractivity contribution in [3.05, 3.63) is 74.3 Å². The summed E-state index contributed by atoms with van der Waals surface area (Å²) < 4.78 is 15.9. The summed E-state index contributed by atoms with van der Waals surface area (Å²) in [5.41, 5.74) is 6.20. The second kappa shape index (κ2) is 9.88. The second-order valence-electron chi connectivity index (χ2n) is 8.35. The Labute approximate surface area is 192 Å². The molecule has 164 valence electrons. The Morgan fingerprint density at radius 2 is 2.06 bits per heavy atom. The van der Waals surface area contributed by atoms with E-state index in [1.807, 2.05) is 19.9 Å². The summed E-state index contributed by atoms with van der Waals surface area (Å²) in [6.45, 7) is 8.49. The SMILES string of the molecule is C/C(=C\c1c(Br)ccnc1C)CN1CC=C(c2c(C)cc(C(=O)N(C)C)cc2F)CC1. The maximum Gasteiger partial charge on any atom is 0.253 e. The average molecular weight is 486 g/mol. The number of hydrogen-bond donors (Lipinski definition) is 0. The normalized spacial score (nSPS) is 15.1. The van der Waals surface area contributed by atoms with Gasteiger partial charge in [-0.1, -0.05) is 33.7 Å². The molecule has 31 heavy (non-hydrogen) atoms. The van der Waals surface area contributed by atoms with Crippen molar-refractivity contribution < 1.29 is 9.18 Å². The number of rotatable bonds is 5. The van der Waals surface area contributed by atoms with Crippen LogP contribution in [0.1, 0.15) is 46.1 Å². The summed E-state index contributed by atoms with van der Waals surface area (Å²) in [7, 11) is 3.35. The van der Waals surface area contributed by atoms with Crippen LogP contribution in [0, 0.1) is 19.7 Å². The molecule has 0 N–H and O–H groups in total. The monoisotopic (exact) mass is 485 g/mol. The highest BCUT2D eigenvalue weighted by molar-refractivity contribution is 9.10. The largest absolute Gasteiger partial charge is 0.345 e. The number of carbonyl (C=O) groups is 1. The lowest BCUT2D eigenvalue weighted by Crippen LogP contribution is -2.30. The smallest absolute Gasteiger partial charge is 0.253 e. The van der Waals surface area contributed by atoms with Crippen molar-refractivity contribution in [3.8, 4) is 0 Å². The van der Waals surface area contributed by atoms with Crippen LogP contribution in [0.4, 0.5) is 4.39 Å². The number of halogens is 2. The van der Waals surface area contributed by atoms with E-state index >= 15 is 0 Å². The summed E-state index contributed by atoms with van der Waals surface area (Å²) in [6.07, 6.45) is 6.87. The summed E-state index contributed by atoms with van der Waals surface area (Å²) >= 11 is 3.60. The Kier molecular flexibility index (Phi) is 7.44. The highest BCUT2D eigenvalue weighted by Crippen LogP contribution is 2.29. The van der Waals surface area contributed by atoms with Crippen molar-refractivity contribution in [3.63, 3.8) is 0 Å². The predicted molar refractivity (Wildman–Crippen MR) is 129 cm³/mol. The van der Waals surface area contributed by atoms with Crippen LogP contribution in [0.2, 0.25) is 0 Å². The Balaban J connectivity index is 1.73. The van der Waals surface area contributed by atoms with Crippen LogP contribution in [0.25, 0.3) is 11.6 Å². The average Bonchev–Trinajstić information content (AvgIpc) is 2.71. The molecular formula is C25H29BrFN3O. The number of amides is 1. The molecule has 6 heteroatoms. The molecule has 1 aromatic heterocycles. The molecule has 1 amide bonds. The number of pyridine rings is 1. The molecule has 0 radical (unpaired) electrons. The Morgan fingerprint density at radius 1 is 1.32 bits per heavy atom. The lowest BCUT2D eigenvalue weighted by atomic mass is 9.93. The lowest BCUT2D eigenvalue weighted by Gasteiger charge is -2.27. The van der Waals surface area contributed by atoms with Crippen LogP contribution in [-0.4, -0.2) is 54.4 Å². The van der Waals surface area contributed by atoms with Gasteiger partial charge in [-0.2, -0.15) is 0 Å². The van der Waals surface area contributed by atoms with E-state index in [4.69, 9.17) is 0 Å². The fourth-order valence-electron chi connectivity index (χ4n) is 3.98. The molecule has 1 aliphatic rings. The van der Waals surface area contributed by atoms with E-state index in [0.29, 0.717) is 11.1 Å². The molecule has 0 atom stereocenters. The molecule has 0 fully saturated rings. The summed E-state index contributed by atoms with van der Waals surface area (Å²) in [4.78, 5) is 20.4. The van der Waals surface area contributed by atoms with Gasteiger partial charge in [-0.15, -0.1) is 0 Å². The van der Waals surface area contributed by atoms with Gasteiger partial charge in [0.05, 0.1) is 0 Å². The van der Waals surface area contributed by atoms with Gasteiger partial charge >= 0.3 is 0 Å². The van der Waals surface area contributed by atoms with Crippen LogP contribution in [0.3, 0.4) is 0 Å². The summed E-state index contributed by atoms with van der Waals surface area (Å²) in [5.74, 6) is -0.506. The van der Waals surface area contributed by atoms with E-state index in [2.05, 4.69) is 44.9 Å². The molecule has 0 saturated carbocycles. The first-order valence-corrected chi connectivity index (χ1v) is 11.2.